The van der Waals surface area contributed by atoms with Crippen molar-refractivity contribution in [2.24, 2.45) is 0 Å². The molecule has 0 unspecified atom stereocenters. The second-order valence-corrected chi connectivity index (χ2v) is 4.50. The van der Waals surface area contributed by atoms with Gasteiger partial charge in [-0.2, -0.15) is 0 Å². The van der Waals surface area contributed by atoms with E-state index in [4.69, 9.17) is 13.9 Å². The quantitative estimate of drug-likeness (QED) is 0.805. The highest BCUT2D eigenvalue weighted by molar-refractivity contribution is 5.42. The van der Waals surface area contributed by atoms with Crippen LogP contribution in [0.3, 0.4) is 0 Å². The van der Waals surface area contributed by atoms with Crippen LogP contribution >= 0.6 is 0 Å². The number of methoxy groups -OCH3 is 1. The average molecular weight is 291 g/mol. The number of benzene rings is 1. The van der Waals surface area contributed by atoms with Crippen molar-refractivity contribution in [2.75, 3.05) is 13.7 Å². The molecule has 0 saturated heterocycles. The molecule has 0 saturated carbocycles. The molecule has 114 valence electrons. The molecule has 0 radical (unpaired) electrons. The normalized spacial score (nSPS) is 10.6. The van der Waals surface area contributed by atoms with E-state index in [0.29, 0.717) is 29.7 Å². The van der Waals surface area contributed by atoms with Crippen molar-refractivity contribution < 1.29 is 13.9 Å². The van der Waals surface area contributed by atoms with Crippen molar-refractivity contribution in [1.29, 1.82) is 0 Å². The number of rotatable bonds is 8. The van der Waals surface area contributed by atoms with E-state index in [2.05, 4.69) is 22.4 Å². The summed E-state index contributed by atoms with van der Waals surface area (Å²) < 4.78 is 16.5. The van der Waals surface area contributed by atoms with Gasteiger partial charge in [-0.05, 0) is 24.2 Å². The van der Waals surface area contributed by atoms with Gasteiger partial charge in [-0.1, -0.05) is 19.9 Å². The van der Waals surface area contributed by atoms with Crippen molar-refractivity contribution >= 4 is 0 Å². The van der Waals surface area contributed by atoms with Gasteiger partial charge >= 0.3 is 0 Å². The molecule has 6 nitrogen and oxygen atoms in total. The summed E-state index contributed by atoms with van der Waals surface area (Å²) in [5.41, 5.74) is 1.13. The number of ether oxygens (including phenoxy) is 2. The highest BCUT2D eigenvalue weighted by atomic mass is 16.5. The molecule has 6 heteroatoms. The number of aryl methyl sites for hydroxylation is 1. The Morgan fingerprint density at radius 1 is 1.14 bits per heavy atom. The first kappa shape index (κ1) is 15.3. The van der Waals surface area contributed by atoms with Crippen LogP contribution in [0.15, 0.2) is 22.6 Å². The SMILES string of the molecule is CCNCc1ccc(OC)c(OCc2nnc(CC)o2)c1. The molecule has 2 rings (SSSR count). The average Bonchev–Trinajstić information content (AvgIpc) is 2.99. The largest absolute Gasteiger partial charge is 0.493 e. The summed E-state index contributed by atoms with van der Waals surface area (Å²) in [5, 5.41) is 11.1. The van der Waals surface area contributed by atoms with Crippen molar-refractivity contribution in [1.82, 2.24) is 15.5 Å². The minimum atomic E-state index is 0.230. The maximum Gasteiger partial charge on any atom is 0.253 e. The van der Waals surface area contributed by atoms with Gasteiger partial charge in [0.05, 0.1) is 7.11 Å². The Bertz CT molecular complexity index is 569. The van der Waals surface area contributed by atoms with Gasteiger partial charge in [0.25, 0.3) is 5.89 Å². The van der Waals surface area contributed by atoms with Crippen LogP contribution in [-0.2, 0) is 19.6 Å². The first-order valence-corrected chi connectivity index (χ1v) is 7.08. The summed E-state index contributed by atoms with van der Waals surface area (Å²) >= 11 is 0. The van der Waals surface area contributed by atoms with E-state index in [1.165, 1.54) is 0 Å². The second kappa shape index (κ2) is 7.64. The van der Waals surface area contributed by atoms with Gasteiger partial charge < -0.3 is 19.2 Å². The summed E-state index contributed by atoms with van der Waals surface area (Å²) in [6.07, 6.45) is 0.717. The minimum Gasteiger partial charge on any atom is -0.493 e. The van der Waals surface area contributed by atoms with Crippen LogP contribution in [0.1, 0.15) is 31.2 Å². The second-order valence-electron chi connectivity index (χ2n) is 4.50. The van der Waals surface area contributed by atoms with Crippen molar-refractivity contribution in [2.45, 2.75) is 33.4 Å². The fourth-order valence-corrected chi connectivity index (χ4v) is 1.84. The summed E-state index contributed by atoms with van der Waals surface area (Å²) in [7, 11) is 1.62. The fraction of sp³-hybridized carbons (Fsp3) is 0.467. The molecule has 1 aromatic carbocycles. The van der Waals surface area contributed by atoms with Crippen molar-refractivity contribution in [3.05, 3.63) is 35.5 Å². The monoisotopic (exact) mass is 291 g/mol. The molecule has 0 aliphatic rings. The van der Waals surface area contributed by atoms with Gasteiger partial charge in [0.2, 0.25) is 5.89 Å². The van der Waals surface area contributed by atoms with E-state index in [9.17, 15) is 0 Å². The number of nitrogens with one attached hydrogen (secondary N) is 1. The van der Waals surface area contributed by atoms with E-state index in [-0.39, 0.29) is 6.61 Å². The Balaban J connectivity index is 2.05. The first-order valence-electron chi connectivity index (χ1n) is 7.08. The molecule has 1 heterocycles. The molecule has 0 spiro atoms. The van der Waals surface area contributed by atoms with Crippen molar-refractivity contribution in [3.63, 3.8) is 0 Å². The van der Waals surface area contributed by atoms with E-state index in [1.807, 2.05) is 25.1 Å². The summed E-state index contributed by atoms with van der Waals surface area (Å²) in [6, 6.07) is 5.86. The van der Waals surface area contributed by atoms with E-state index >= 15 is 0 Å². The lowest BCUT2D eigenvalue weighted by molar-refractivity contribution is 0.246. The fourth-order valence-electron chi connectivity index (χ4n) is 1.84. The molecule has 0 fully saturated rings. The number of hydrogen-bond donors (Lipinski definition) is 1. The molecule has 21 heavy (non-hydrogen) atoms. The standard InChI is InChI=1S/C15H21N3O3/c1-4-14-17-18-15(21-14)10-20-13-8-11(9-16-5-2)6-7-12(13)19-3/h6-8,16H,4-5,9-10H2,1-3H3. The van der Waals surface area contributed by atoms with Gasteiger partial charge in [0.1, 0.15) is 0 Å². The maximum absolute atomic E-state index is 5.74. The van der Waals surface area contributed by atoms with Crippen LogP contribution in [0.25, 0.3) is 0 Å². The molecular formula is C15H21N3O3. The number of nitrogens with zero attached hydrogens (tertiary/aromatic N) is 2. The molecule has 0 amide bonds. The van der Waals surface area contributed by atoms with Crippen LogP contribution in [0.5, 0.6) is 11.5 Å². The number of aromatic nitrogens is 2. The molecule has 0 aliphatic heterocycles. The van der Waals surface area contributed by atoms with Crippen LogP contribution in [-0.4, -0.2) is 23.9 Å². The lowest BCUT2D eigenvalue weighted by Crippen LogP contribution is -2.11. The molecular weight excluding hydrogens is 270 g/mol. The zero-order valence-electron chi connectivity index (χ0n) is 12.7. The topological polar surface area (TPSA) is 69.4 Å². The predicted molar refractivity (Wildman–Crippen MR) is 78.4 cm³/mol. The Hall–Kier alpha value is -2.08. The Labute approximate surface area is 124 Å². The third kappa shape index (κ3) is 4.19. The van der Waals surface area contributed by atoms with Gasteiger partial charge in [0, 0.05) is 13.0 Å². The van der Waals surface area contributed by atoms with Gasteiger partial charge in [-0.15, -0.1) is 10.2 Å². The molecule has 1 aromatic heterocycles. The van der Waals surface area contributed by atoms with Crippen LogP contribution in [0.2, 0.25) is 0 Å². The smallest absolute Gasteiger partial charge is 0.253 e. The Morgan fingerprint density at radius 3 is 2.62 bits per heavy atom. The van der Waals surface area contributed by atoms with Crippen LogP contribution < -0.4 is 14.8 Å². The summed E-state index contributed by atoms with van der Waals surface area (Å²) in [4.78, 5) is 0. The molecule has 1 N–H and O–H groups in total. The van der Waals surface area contributed by atoms with Gasteiger partial charge in [-0.3, -0.25) is 0 Å². The Kier molecular flexibility index (Phi) is 5.57. The van der Waals surface area contributed by atoms with Gasteiger partial charge in [-0.25, -0.2) is 0 Å². The lowest BCUT2D eigenvalue weighted by atomic mass is 10.2. The zero-order valence-corrected chi connectivity index (χ0v) is 12.7. The number of hydrogen-bond acceptors (Lipinski definition) is 6. The molecule has 0 bridgehead atoms. The molecule has 0 atom stereocenters. The Morgan fingerprint density at radius 2 is 1.95 bits per heavy atom. The third-order valence-corrected chi connectivity index (χ3v) is 2.97. The maximum atomic E-state index is 5.74. The minimum absolute atomic E-state index is 0.230. The third-order valence-electron chi connectivity index (χ3n) is 2.97. The van der Waals surface area contributed by atoms with E-state index in [1.54, 1.807) is 7.11 Å². The van der Waals surface area contributed by atoms with E-state index in [0.717, 1.165) is 18.7 Å². The van der Waals surface area contributed by atoms with Crippen LogP contribution in [0, 0.1) is 0 Å². The lowest BCUT2D eigenvalue weighted by Gasteiger charge is -2.11. The molecule has 0 aliphatic carbocycles. The predicted octanol–water partition coefficient (Wildman–Crippen LogP) is 2.33. The van der Waals surface area contributed by atoms with Gasteiger partial charge in [0.15, 0.2) is 18.1 Å². The zero-order chi connectivity index (χ0) is 15.1. The summed E-state index contributed by atoms with van der Waals surface area (Å²) in [5.74, 6) is 2.43. The van der Waals surface area contributed by atoms with Crippen LogP contribution in [0.4, 0.5) is 0 Å². The summed E-state index contributed by atoms with van der Waals surface area (Å²) in [6.45, 7) is 5.97. The van der Waals surface area contributed by atoms with E-state index < -0.39 is 0 Å². The first-order chi connectivity index (χ1) is 10.3. The highest BCUT2D eigenvalue weighted by Gasteiger charge is 2.09. The molecule has 2 aromatic rings. The highest BCUT2D eigenvalue weighted by Crippen LogP contribution is 2.28. The van der Waals surface area contributed by atoms with Crippen molar-refractivity contribution in [3.8, 4) is 11.5 Å².